The second-order valence-electron chi connectivity index (χ2n) is 3.73. The lowest BCUT2D eigenvalue weighted by Crippen LogP contribution is -1.86. The number of nitrogens with zero attached hydrogens (tertiary/aromatic N) is 1. The van der Waals surface area contributed by atoms with Crippen LogP contribution in [0, 0.1) is 13.8 Å². The number of halogens is 1. The zero-order chi connectivity index (χ0) is 12.4. The minimum atomic E-state index is 0.719. The predicted molar refractivity (Wildman–Crippen MR) is 74.1 cm³/mol. The van der Waals surface area contributed by atoms with Gasteiger partial charge in [0.25, 0.3) is 0 Å². The van der Waals surface area contributed by atoms with Gasteiger partial charge in [0.1, 0.15) is 5.76 Å². The van der Waals surface area contributed by atoms with Crippen LogP contribution >= 0.6 is 27.7 Å². The Bertz CT molecular complexity index is 520. The molecule has 0 aliphatic rings. The fourth-order valence-electron chi connectivity index (χ4n) is 1.37. The number of thioether (sulfide) groups is 1. The van der Waals surface area contributed by atoms with E-state index in [1.54, 1.807) is 11.8 Å². The van der Waals surface area contributed by atoms with Crippen LogP contribution in [0.15, 0.2) is 32.0 Å². The third-order valence-electron chi connectivity index (χ3n) is 2.38. The van der Waals surface area contributed by atoms with Gasteiger partial charge in [0.15, 0.2) is 0 Å². The van der Waals surface area contributed by atoms with Crippen LogP contribution in [0.3, 0.4) is 0 Å². The summed E-state index contributed by atoms with van der Waals surface area (Å²) in [5, 5.41) is 0. The molecule has 1 aromatic carbocycles. The average Bonchev–Trinajstić information content (AvgIpc) is 2.57. The molecule has 90 valence electrons. The van der Waals surface area contributed by atoms with E-state index in [4.69, 9.17) is 10.2 Å². The standard InChI is InChI=1S/C12H13BrN2OS/c1-7-8(2)16-12(15-7)6-17-11-4-3-9(14)5-10(11)13/h3-5H,6,14H2,1-2H3. The van der Waals surface area contributed by atoms with Crippen LogP contribution in [-0.4, -0.2) is 4.98 Å². The molecule has 0 atom stereocenters. The van der Waals surface area contributed by atoms with Crippen molar-refractivity contribution in [3.8, 4) is 0 Å². The van der Waals surface area contributed by atoms with E-state index >= 15 is 0 Å². The highest BCUT2D eigenvalue weighted by molar-refractivity contribution is 9.10. The quantitative estimate of drug-likeness (QED) is 0.689. The van der Waals surface area contributed by atoms with Gasteiger partial charge in [0.05, 0.1) is 11.4 Å². The van der Waals surface area contributed by atoms with E-state index in [1.165, 1.54) is 0 Å². The second kappa shape index (κ2) is 5.14. The molecular weight excluding hydrogens is 300 g/mol. The summed E-state index contributed by atoms with van der Waals surface area (Å²) >= 11 is 5.16. The summed E-state index contributed by atoms with van der Waals surface area (Å²) in [6.45, 7) is 3.88. The first-order valence-corrected chi connectivity index (χ1v) is 6.95. The largest absolute Gasteiger partial charge is 0.445 e. The van der Waals surface area contributed by atoms with Gasteiger partial charge in [0, 0.05) is 15.1 Å². The summed E-state index contributed by atoms with van der Waals surface area (Å²) in [6.07, 6.45) is 0. The molecule has 0 saturated heterocycles. The van der Waals surface area contributed by atoms with Gasteiger partial charge in [-0.1, -0.05) is 0 Å². The van der Waals surface area contributed by atoms with Crippen molar-refractivity contribution in [1.82, 2.24) is 4.98 Å². The molecular formula is C12H13BrN2OS. The van der Waals surface area contributed by atoms with Crippen molar-refractivity contribution in [3.05, 3.63) is 40.0 Å². The van der Waals surface area contributed by atoms with Crippen molar-refractivity contribution in [1.29, 1.82) is 0 Å². The van der Waals surface area contributed by atoms with E-state index in [9.17, 15) is 0 Å². The topological polar surface area (TPSA) is 52.0 Å². The van der Waals surface area contributed by atoms with E-state index in [0.717, 1.165) is 38.2 Å². The summed E-state index contributed by atoms with van der Waals surface area (Å²) in [5.41, 5.74) is 7.40. The van der Waals surface area contributed by atoms with Crippen LogP contribution < -0.4 is 5.73 Å². The van der Waals surface area contributed by atoms with Gasteiger partial charge >= 0.3 is 0 Å². The Labute approximate surface area is 113 Å². The Hall–Kier alpha value is -0.940. The van der Waals surface area contributed by atoms with Crippen molar-refractivity contribution in [2.75, 3.05) is 5.73 Å². The average molecular weight is 313 g/mol. The Morgan fingerprint density at radius 2 is 2.18 bits per heavy atom. The molecule has 1 heterocycles. The van der Waals surface area contributed by atoms with Gasteiger partial charge in [-0.05, 0) is 48.0 Å². The van der Waals surface area contributed by atoms with Gasteiger partial charge in [-0.2, -0.15) is 0 Å². The molecule has 2 aromatic rings. The Morgan fingerprint density at radius 1 is 1.41 bits per heavy atom. The number of hydrogen-bond acceptors (Lipinski definition) is 4. The third-order valence-corrected chi connectivity index (χ3v) is 4.36. The van der Waals surface area contributed by atoms with Crippen molar-refractivity contribution in [3.63, 3.8) is 0 Å². The Kier molecular flexibility index (Phi) is 3.79. The molecule has 2 N–H and O–H groups in total. The zero-order valence-electron chi connectivity index (χ0n) is 9.66. The number of hydrogen-bond donors (Lipinski definition) is 1. The van der Waals surface area contributed by atoms with E-state index in [0.29, 0.717) is 0 Å². The molecule has 2 rings (SSSR count). The van der Waals surface area contributed by atoms with Gasteiger partial charge in [-0.15, -0.1) is 11.8 Å². The number of aryl methyl sites for hydroxylation is 2. The van der Waals surface area contributed by atoms with Crippen LogP contribution in [0.2, 0.25) is 0 Å². The molecule has 0 spiro atoms. The molecule has 0 radical (unpaired) electrons. The predicted octanol–water partition coefficient (Wildman–Crippen LogP) is 3.93. The fraction of sp³-hybridized carbons (Fsp3) is 0.250. The highest BCUT2D eigenvalue weighted by Crippen LogP contribution is 2.31. The maximum Gasteiger partial charge on any atom is 0.204 e. The van der Waals surface area contributed by atoms with Crippen LogP contribution in [0.4, 0.5) is 5.69 Å². The Morgan fingerprint density at radius 3 is 2.76 bits per heavy atom. The van der Waals surface area contributed by atoms with Crippen molar-refractivity contribution < 1.29 is 4.42 Å². The first-order chi connectivity index (χ1) is 8.06. The van der Waals surface area contributed by atoms with Gasteiger partial charge < -0.3 is 10.2 Å². The highest BCUT2D eigenvalue weighted by Gasteiger charge is 2.07. The summed E-state index contributed by atoms with van der Waals surface area (Å²) in [4.78, 5) is 5.48. The van der Waals surface area contributed by atoms with E-state index in [1.807, 2.05) is 32.0 Å². The molecule has 0 aliphatic heterocycles. The summed E-state index contributed by atoms with van der Waals surface area (Å²) in [5.74, 6) is 2.36. The first kappa shape index (κ1) is 12.5. The fourth-order valence-corrected chi connectivity index (χ4v) is 2.88. The summed E-state index contributed by atoms with van der Waals surface area (Å²) in [7, 11) is 0. The molecule has 0 unspecified atom stereocenters. The van der Waals surface area contributed by atoms with E-state index in [2.05, 4.69) is 20.9 Å². The monoisotopic (exact) mass is 312 g/mol. The van der Waals surface area contributed by atoms with Crippen LogP contribution in [0.25, 0.3) is 0 Å². The summed E-state index contributed by atoms with van der Waals surface area (Å²) in [6, 6.07) is 5.78. The molecule has 0 bridgehead atoms. The lowest BCUT2D eigenvalue weighted by molar-refractivity contribution is 0.489. The van der Waals surface area contributed by atoms with Crippen LogP contribution in [0.5, 0.6) is 0 Å². The van der Waals surface area contributed by atoms with Crippen LogP contribution in [-0.2, 0) is 5.75 Å². The number of rotatable bonds is 3. The minimum Gasteiger partial charge on any atom is -0.445 e. The van der Waals surface area contributed by atoms with E-state index in [-0.39, 0.29) is 0 Å². The maximum absolute atomic E-state index is 5.69. The van der Waals surface area contributed by atoms with Gasteiger partial charge in [-0.25, -0.2) is 4.98 Å². The van der Waals surface area contributed by atoms with Crippen LogP contribution in [0.1, 0.15) is 17.3 Å². The molecule has 5 heteroatoms. The maximum atomic E-state index is 5.69. The first-order valence-electron chi connectivity index (χ1n) is 5.17. The highest BCUT2D eigenvalue weighted by atomic mass is 79.9. The zero-order valence-corrected chi connectivity index (χ0v) is 12.1. The molecule has 17 heavy (non-hydrogen) atoms. The number of oxazole rings is 1. The minimum absolute atomic E-state index is 0.719. The normalized spacial score (nSPS) is 10.8. The SMILES string of the molecule is Cc1nc(CSc2ccc(N)cc2Br)oc1C. The molecule has 0 amide bonds. The molecule has 1 aromatic heterocycles. The number of anilines is 1. The number of aromatic nitrogens is 1. The molecule has 0 fully saturated rings. The van der Waals surface area contributed by atoms with E-state index < -0.39 is 0 Å². The number of nitrogen functional groups attached to an aromatic ring is 1. The van der Waals surface area contributed by atoms with Crippen molar-refractivity contribution in [2.45, 2.75) is 24.5 Å². The second-order valence-corrected chi connectivity index (χ2v) is 5.60. The third kappa shape index (κ3) is 3.04. The lowest BCUT2D eigenvalue weighted by atomic mass is 10.3. The molecule has 0 saturated carbocycles. The smallest absolute Gasteiger partial charge is 0.204 e. The number of benzene rings is 1. The lowest BCUT2D eigenvalue weighted by Gasteiger charge is -2.03. The molecule has 3 nitrogen and oxygen atoms in total. The summed E-state index contributed by atoms with van der Waals surface area (Å²) < 4.78 is 6.53. The number of nitrogens with two attached hydrogens (primary N) is 1. The Balaban J connectivity index is 2.07. The van der Waals surface area contributed by atoms with Crippen molar-refractivity contribution in [2.24, 2.45) is 0 Å². The van der Waals surface area contributed by atoms with Gasteiger partial charge in [0.2, 0.25) is 5.89 Å². The molecule has 0 aliphatic carbocycles. The van der Waals surface area contributed by atoms with Gasteiger partial charge in [-0.3, -0.25) is 0 Å². The van der Waals surface area contributed by atoms with Crippen molar-refractivity contribution >= 4 is 33.4 Å².